The van der Waals surface area contributed by atoms with Gasteiger partial charge in [0, 0.05) is 25.0 Å². The first-order chi connectivity index (χ1) is 10.8. The average molecular weight is 318 g/mol. The Balaban J connectivity index is 1.63. The predicted molar refractivity (Wildman–Crippen MR) is 88.2 cm³/mol. The molecule has 1 fully saturated rings. The number of benzene rings is 1. The number of rotatable bonds is 3. The van der Waals surface area contributed by atoms with Gasteiger partial charge in [-0.15, -0.1) is 0 Å². The highest BCUT2D eigenvalue weighted by molar-refractivity contribution is 5.75. The van der Waals surface area contributed by atoms with Crippen LogP contribution in [0.4, 0.5) is 4.79 Å². The summed E-state index contributed by atoms with van der Waals surface area (Å²) >= 11 is 0. The number of carbonyl (C=O) groups excluding carboxylic acids is 1. The van der Waals surface area contributed by atoms with Gasteiger partial charge in [-0.1, -0.05) is 38.1 Å². The van der Waals surface area contributed by atoms with Crippen molar-refractivity contribution in [2.24, 2.45) is 5.41 Å². The molecule has 0 aromatic heterocycles. The van der Waals surface area contributed by atoms with Crippen molar-refractivity contribution in [2.45, 2.75) is 57.4 Å². The molecule has 3 rings (SSSR count). The third-order valence-corrected chi connectivity index (χ3v) is 6.07. The van der Waals surface area contributed by atoms with Gasteiger partial charge in [-0.25, -0.2) is 4.79 Å². The normalized spacial score (nSPS) is 34.4. The van der Waals surface area contributed by atoms with Gasteiger partial charge in [0.15, 0.2) is 0 Å². The van der Waals surface area contributed by atoms with Gasteiger partial charge in [0.05, 0.1) is 17.7 Å². The number of methoxy groups -OCH3 is 1. The number of nitrogens with one attached hydrogen (secondary N) is 2. The van der Waals surface area contributed by atoms with Gasteiger partial charge < -0.3 is 20.5 Å². The molecule has 2 aliphatic rings. The molecule has 0 bridgehead atoms. The molecule has 1 saturated carbocycles. The van der Waals surface area contributed by atoms with E-state index in [0.717, 1.165) is 17.5 Å². The van der Waals surface area contributed by atoms with Crippen LogP contribution in [0.3, 0.4) is 0 Å². The second-order valence-electron chi connectivity index (χ2n) is 7.48. The lowest BCUT2D eigenvalue weighted by Gasteiger charge is -2.59. The van der Waals surface area contributed by atoms with Crippen molar-refractivity contribution in [3.8, 4) is 0 Å². The Bertz CT molecular complexity index is 616. The van der Waals surface area contributed by atoms with E-state index in [0.29, 0.717) is 6.42 Å². The number of aliphatic hydroxyl groups excluding tert-OH is 1. The van der Waals surface area contributed by atoms with Crippen molar-refractivity contribution >= 4 is 6.03 Å². The minimum Gasteiger partial charge on any atom is -0.390 e. The van der Waals surface area contributed by atoms with Crippen LogP contribution in [0.5, 0.6) is 0 Å². The molecule has 0 radical (unpaired) electrons. The molecule has 126 valence electrons. The Morgan fingerprint density at radius 2 is 1.96 bits per heavy atom. The van der Waals surface area contributed by atoms with Crippen LogP contribution in [0.2, 0.25) is 0 Å². The third kappa shape index (κ3) is 2.52. The maximum Gasteiger partial charge on any atom is 0.315 e. The number of fused-ring (bicyclic) bond motifs is 1. The fourth-order valence-corrected chi connectivity index (χ4v) is 3.81. The maximum atomic E-state index is 12.4. The number of hydrogen-bond acceptors (Lipinski definition) is 3. The second-order valence-corrected chi connectivity index (χ2v) is 7.48. The number of ether oxygens (including phenoxy) is 1. The summed E-state index contributed by atoms with van der Waals surface area (Å²) in [5.41, 5.74) is 1.75. The SMILES string of the molecule is COC1(C)CC(NC(=O)N[C@@H]2c3ccccc3C[C@@H]2O)C1(C)C. The van der Waals surface area contributed by atoms with Crippen molar-refractivity contribution in [1.82, 2.24) is 10.6 Å². The topological polar surface area (TPSA) is 70.6 Å². The zero-order valence-electron chi connectivity index (χ0n) is 14.2. The molecule has 1 aromatic carbocycles. The zero-order valence-corrected chi connectivity index (χ0v) is 14.2. The van der Waals surface area contributed by atoms with E-state index in [1.807, 2.05) is 24.3 Å². The number of urea groups is 1. The summed E-state index contributed by atoms with van der Waals surface area (Å²) in [5.74, 6) is 0. The van der Waals surface area contributed by atoms with Crippen LogP contribution in [0.15, 0.2) is 24.3 Å². The summed E-state index contributed by atoms with van der Waals surface area (Å²) in [5, 5.41) is 16.2. The van der Waals surface area contributed by atoms with Gasteiger partial charge in [0.25, 0.3) is 0 Å². The highest BCUT2D eigenvalue weighted by Gasteiger charge is 2.58. The molecule has 0 saturated heterocycles. The lowest BCUT2D eigenvalue weighted by atomic mass is 9.56. The van der Waals surface area contributed by atoms with Crippen LogP contribution in [-0.4, -0.2) is 36.0 Å². The van der Waals surface area contributed by atoms with Gasteiger partial charge in [-0.3, -0.25) is 0 Å². The van der Waals surface area contributed by atoms with Crippen molar-refractivity contribution in [3.63, 3.8) is 0 Å². The summed E-state index contributed by atoms with van der Waals surface area (Å²) in [6, 6.07) is 7.33. The molecule has 2 unspecified atom stereocenters. The number of carbonyl (C=O) groups is 1. The summed E-state index contributed by atoms with van der Waals surface area (Å²) in [7, 11) is 1.71. The van der Waals surface area contributed by atoms with Crippen LogP contribution < -0.4 is 10.6 Å². The fraction of sp³-hybridized carbons (Fsp3) is 0.611. The maximum absolute atomic E-state index is 12.4. The first-order valence-corrected chi connectivity index (χ1v) is 8.16. The van der Waals surface area contributed by atoms with Crippen LogP contribution in [-0.2, 0) is 11.2 Å². The Hall–Kier alpha value is -1.59. The van der Waals surface area contributed by atoms with Crippen LogP contribution >= 0.6 is 0 Å². The van der Waals surface area contributed by atoms with Crippen molar-refractivity contribution < 1.29 is 14.6 Å². The monoisotopic (exact) mass is 318 g/mol. The average Bonchev–Trinajstić information content (AvgIpc) is 2.82. The van der Waals surface area contributed by atoms with E-state index in [1.54, 1.807) is 7.11 Å². The number of aliphatic hydroxyl groups is 1. The van der Waals surface area contributed by atoms with E-state index in [-0.39, 0.29) is 29.1 Å². The summed E-state index contributed by atoms with van der Waals surface area (Å²) in [4.78, 5) is 12.4. The first kappa shape index (κ1) is 16.3. The Morgan fingerprint density at radius 1 is 1.26 bits per heavy atom. The van der Waals surface area contributed by atoms with Gasteiger partial charge in [0.1, 0.15) is 0 Å². The van der Waals surface area contributed by atoms with E-state index < -0.39 is 6.10 Å². The van der Waals surface area contributed by atoms with Gasteiger partial charge >= 0.3 is 6.03 Å². The second kappa shape index (κ2) is 5.49. The Labute approximate surface area is 137 Å². The third-order valence-electron chi connectivity index (χ3n) is 6.07. The van der Waals surface area contributed by atoms with Crippen LogP contribution in [0, 0.1) is 5.41 Å². The van der Waals surface area contributed by atoms with E-state index in [4.69, 9.17) is 4.74 Å². The summed E-state index contributed by atoms with van der Waals surface area (Å²) in [6.07, 6.45) is 0.794. The molecule has 2 amide bonds. The standard InChI is InChI=1S/C18H26N2O3/c1-17(2)14(10-18(17,3)23-4)19-16(22)20-15-12-8-6-5-7-11(12)9-13(15)21/h5-8,13-15,21H,9-10H2,1-4H3,(H2,19,20,22)/t13-,14?,15+,18?/m0/s1. The van der Waals surface area contributed by atoms with E-state index in [9.17, 15) is 9.90 Å². The van der Waals surface area contributed by atoms with Gasteiger partial charge in [-0.05, 0) is 24.5 Å². The van der Waals surface area contributed by atoms with Gasteiger partial charge in [0.2, 0.25) is 0 Å². The molecule has 5 heteroatoms. The smallest absolute Gasteiger partial charge is 0.315 e. The van der Waals surface area contributed by atoms with Crippen molar-refractivity contribution in [3.05, 3.63) is 35.4 Å². The zero-order chi connectivity index (χ0) is 16.8. The Kier molecular flexibility index (Phi) is 3.89. The first-order valence-electron chi connectivity index (χ1n) is 8.16. The van der Waals surface area contributed by atoms with Gasteiger partial charge in [-0.2, -0.15) is 0 Å². The molecule has 4 atom stereocenters. The molecule has 0 spiro atoms. The largest absolute Gasteiger partial charge is 0.390 e. The fourth-order valence-electron chi connectivity index (χ4n) is 3.81. The minimum absolute atomic E-state index is 0.0567. The van der Waals surface area contributed by atoms with Crippen LogP contribution in [0.1, 0.15) is 44.4 Å². The highest BCUT2D eigenvalue weighted by Crippen LogP contribution is 2.51. The van der Waals surface area contributed by atoms with E-state index in [1.165, 1.54) is 0 Å². The molecular formula is C18H26N2O3. The number of amides is 2. The number of hydrogen-bond donors (Lipinski definition) is 3. The van der Waals surface area contributed by atoms with E-state index in [2.05, 4.69) is 31.4 Å². The molecule has 0 heterocycles. The van der Waals surface area contributed by atoms with Crippen LogP contribution in [0.25, 0.3) is 0 Å². The molecule has 2 aliphatic carbocycles. The molecule has 23 heavy (non-hydrogen) atoms. The quantitative estimate of drug-likeness (QED) is 0.800. The lowest BCUT2D eigenvalue weighted by molar-refractivity contribution is -0.177. The molecular weight excluding hydrogens is 292 g/mol. The summed E-state index contributed by atoms with van der Waals surface area (Å²) < 4.78 is 5.59. The van der Waals surface area contributed by atoms with E-state index >= 15 is 0 Å². The van der Waals surface area contributed by atoms with Crippen molar-refractivity contribution in [1.29, 1.82) is 0 Å². The molecule has 5 nitrogen and oxygen atoms in total. The Morgan fingerprint density at radius 3 is 2.61 bits per heavy atom. The minimum atomic E-state index is -0.572. The molecule has 1 aromatic rings. The molecule has 3 N–H and O–H groups in total. The molecule has 0 aliphatic heterocycles. The lowest BCUT2D eigenvalue weighted by Crippen LogP contribution is -2.69. The summed E-state index contributed by atoms with van der Waals surface area (Å²) in [6.45, 7) is 6.27. The predicted octanol–water partition coefficient (Wildman–Crippen LogP) is 2.15. The highest BCUT2D eigenvalue weighted by atomic mass is 16.5. The van der Waals surface area contributed by atoms with Crippen molar-refractivity contribution in [2.75, 3.05) is 7.11 Å².